The number of morpholine rings is 1. The highest BCUT2D eigenvalue weighted by molar-refractivity contribution is 5.27. The third-order valence-electron chi connectivity index (χ3n) is 4.68. The molecule has 1 heterocycles. The van der Waals surface area contributed by atoms with Gasteiger partial charge in [-0.2, -0.15) is 0 Å². The normalized spacial score (nSPS) is 23.1. The average Bonchev–Trinajstić information content (AvgIpc) is 3.03. The lowest BCUT2D eigenvalue weighted by atomic mass is 9.95. The monoisotopic (exact) mass is 275 g/mol. The van der Waals surface area contributed by atoms with E-state index in [9.17, 15) is 5.11 Å². The largest absolute Gasteiger partial charge is 0.387 e. The molecule has 1 atom stereocenters. The Hall–Kier alpha value is -0.900. The number of benzene rings is 1. The molecule has 1 aromatic rings. The molecule has 1 saturated carbocycles. The Morgan fingerprint density at radius 2 is 1.75 bits per heavy atom. The summed E-state index contributed by atoms with van der Waals surface area (Å²) in [5.74, 6) is 0.750. The average molecular weight is 275 g/mol. The van der Waals surface area contributed by atoms with Crippen LogP contribution < -0.4 is 0 Å². The highest BCUT2D eigenvalue weighted by Gasteiger charge is 2.19. The van der Waals surface area contributed by atoms with Crippen LogP contribution in [0.1, 0.15) is 48.8 Å². The second-order valence-corrected chi connectivity index (χ2v) is 6.08. The van der Waals surface area contributed by atoms with Crippen molar-refractivity contribution in [3.63, 3.8) is 0 Å². The van der Waals surface area contributed by atoms with Gasteiger partial charge in [0.2, 0.25) is 0 Å². The maximum Gasteiger partial charge on any atom is 0.0916 e. The van der Waals surface area contributed by atoms with Crippen LogP contribution >= 0.6 is 0 Å². The van der Waals surface area contributed by atoms with Crippen LogP contribution in [0.5, 0.6) is 0 Å². The van der Waals surface area contributed by atoms with E-state index in [0.29, 0.717) is 6.54 Å². The van der Waals surface area contributed by atoms with Gasteiger partial charge in [-0.3, -0.25) is 4.90 Å². The molecule has 3 nitrogen and oxygen atoms in total. The topological polar surface area (TPSA) is 32.7 Å². The van der Waals surface area contributed by atoms with Crippen molar-refractivity contribution >= 4 is 0 Å². The molecule has 2 fully saturated rings. The van der Waals surface area contributed by atoms with Crippen LogP contribution in [-0.4, -0.2) is 42.9 Å². The van der Waals surface area contributed by atoms with Crippen LogP contribution in [0.25, 0.3) is 0 Å². The number of aliphatic hydroxyl groups is 1. The fourth-order valence-electron chi connectivity index (χ4n) is 3.38. The van der Waals surface area contributed by atoms with Gasteiger partial charge in [0.05, 0.1) is 19.3 Å². The van der Waals surface area contributed by atoms with E-state index >= 15 is 0 Å². The van der Waals surface area contributed by atoms with E-state index in [2.05, 4.69) is 29.2 Å². The number of hydrogen-bond acceptors (Lipinski definition) is 3. The van der Waals surface area contributed by atoms with Crippen LogP contribution in [0.15, 0.2) is 24.3 Å². The maximum atomic E-state index is 10.3. The molecule has 20 heavy (non-hydrogen) atoms. The first-order chi connectivity index (χ1) is 9.83. The number of aliphatic hydroxyl groups excluding tert-OH is 1. The molecule has 1 aromatic carbocycles. The van der Waals surface area contributed by atoms with Crippen molar-refractivity contribution < 1.29 is 9.84 Å². The molecule has 0 spiro atoms. The first-order valence-electron chi connectivity index (χ1n) is 7.91. The van der Waals surface area contributed by atoms with Crippen LogP contribution in [-0.2, 0) is 4.74 Å². The number of nitrogens with zero attached hydrogens (tertiary/aromatic N) is 1. The van der Waals surface area contributed by atoms with Crippen molar-refractivity contribution in [3.05, 3.63) is 35.4 Å². The molecule has 0 amide bonds. The highest BCUT2D eigenvalue weighted by Crippen LogP contribution is 2.34. The van der Waals surface area contributed by atoms with E-state index in [1.54, 1.807) is 0 Å². The standard InChI is InChI=1S/C17H25NO2/c19-17(13-18-9-11-20-12-10-18)16-7-5-15(6-8-16)14-3-1-2-4-14/h5-8,14,17,19H,1-4,9-13H2/t17-/m0/s1. The van der Waals surface area contributed by atoms with Gasteiger partial charge in [0, 0.05) is 19.6 Å². The zero-order valence-electron chi connectivity index (χ0n) is 12.1. The van der Waals surface area contributed by atoms with Crippen LogP contribution in [0.4, 0.5) is 0 Å². The zero-order valence-corrected chi connectivity index (χ0v) is 12.1. The smallest absolute Gasteiger partial charge is 0.0916 e. The fraction of sp³-hybridized carbons (Fsp3) is 0.647. The van der Waals surface area contributed by atoms with Gasteiger partial charge in [0.25, 0.3) is 0 Å². The number of β-amino-alcohol motifs (C(OH)–C–C–N with tert-alkyl or cyclic N) is 1. The van der Waals surface area contributed by atoms with Gasteiger partial charge in [-0.15, -0.1) is 0 Å². The summed E-state index contributed by atoms with van der Waals surface area (Å²) in [6, 6.07) is 8.65. The van der Waals surface area contributed by atoms with Crippen LogP contribution in [0, 0.1) is 0 Å². The second-order valence-electron chi connectivity index (χ2n) is 6.08. The first kappa shape index (κ1) is 14.1. The summed E-state index contributed by atoms with van der Waals surface area (Å²) in [7, 11) is 0. The quantitative estimate of drug-likeness (QED) is 0.917. The second kappa shape index (κ2) is 6.70. The molecule has 1 aliphatic heterocycles. The fourth-order valence-corrected chi connectivity index (χ4v) is 3.38. The first-order valence-corrected chi connectivity index (χ1v) is 7.91. The molecular weight excluding hydrogens is 250 g/mol. The summed E-state index contributed by atoms with van der Waals surface area (Å²) in [6.07, 6.45) is 5.01. The molecular formula is C17H25NO2. The lowest BCUT2D eigenvalue weighted by Gasteiger charge is -2.28. The van der Waals surface area contributed by atoms with Gasteiger partial charge in [0.15, 0.2) is 0 Å². The van der Waals surface area contributed by atoms with Crippen molar-refractivity contribution in [2.75, 3.05) is 32.8 Å². The number of hydrogen-bond donors (Lipinski definition) is 1. The van der Waals surface area contributed by atoms with Crippen molar-refractivity contribution in [2.45, 2.75) is 37.7 Å². The Morgan fingerprint density at radius 3 is 2.40 bits per heavy atom. The molecule has 0 radical (unpaired) electrons. The van der Waals surface area contributed by atoms with Crippen molar-refractivity contribution in [1.82, 2.24) is 4.90 Å². The zero-order chi connectivity index (χ0) is 13.8. The Kier molecular flexibility index (Phi) is 4.71. The van der Waals surface area contributed by atoms with Gasteiger partial charge in [-0.1, -0.05) is 37.1 Å². The Labute approximate surface area is 121 Å². The van der Waals surface area contributed by atoms with E-state index in [4.69, 9.17) is 4.74 Å². The summed E-state index contributed by atoms with van der Waals surface area (Å²) in [5.41, 5.74) is 2.49. The lowest BCUT2D eigenvalue weighted by Crippen LogP contribution is -2.38. The summed E-state index contributed by atoms with van der Waals surface area (Å²) in [6.45, 7) is 4.14. The molecule has 0 unspecified atom stereocenters. The third-order valence-corrected chi connectivity index (χ3v) is 4.68. The summed E-state index contributed by atoms with van der Waals surface area (Å²) < 4.78 is 5.34. The summed E-state index contributed by atoms with van der Waals surface area (Å²) in [5, 5.41) is 10.3. The molecule has 2 aliphatic rings. The predicted molar refractivity (Wildman–Crippen MR) is 79.9 cm³/mol. The Bertz CT molecular complexity index is 406. The van der Waals surface area contributed by atoms with E-state index in [1.165, 1.54) is 31.2 Å². The number of rotatable bonds is 4. The van der Waals surface area contributed by atoms with Gasteiger partial charge in [0.1, 0.15) is 0 Å². The van der Waals surface area contributed by atoms with Gasteiger partial charge < -0.3 is 9.84 Å². The van der Waals surface area contributed by atoms with Crippen molar-refractivity contribution in [1.29, 1.82) is 0 Å². The molecule has 3 rings (SSSR count). The molecule has 110 valence electrons. The Morgan fingerprint density at radius 1 is 1.10 bits per heavy atom. The van der Waals surface area contributed by atoms with Gasteiger partial charge >= 0.3 is 0 Å². The van der Waals surface area contributed by atoms with E-state index in [0.717, 1.165) is 37.8 Å². The van der Waals surface area contributed by atoms with E-state index in [-0.39, 0.29) is 6.10 Å². The minimum Gasteiger partial charge on any atom is -0.387 e. The predicted octanol–water partition coefficient (Wildman–Crippen LogP) is 2.71. The van der Waals surface area contributed by atoms with Gasteiger partial charge in [-0.25, -0.2) is 0 Å². The SMILES string of the molecule is O[C@@H](CN1CCOCC1)c1ccc(C2CCCC2)cc1. The summed E-state index contributed by atoms with van der Waals surface area (Å²) >= 11 is 0. The molecule has 0 bridgehead atoms. The molecule has 1 saturated heterocycles. The summed E-state index contributed by atoms with van der Waals surface area (Å²) in [4.78, 5) is 2.28. The maximum absolute atomic E-state index is 10.3. The molecule has 1 aliphatic carbocycles. The van der Waals surface area contributed by atoms with E-state index < -0.39 is 0 Å². The molecule has 0 aromatic heterocycles. The highest BCUT2D eigenvalue weighted by atomic mass is 16.5. The van der Waals surface area contributed by atoms with Crippen molar-refractivity contribution in [2.24, 2.45) is 0 Å². The molecule has 1 N–H and O–H groups in total. The van der Waals surface area contributed by atoms with Gasteiger partial charge in [-0.05, 0) is 29.9 Å². The van der Waals surface area contributed by atoms with Crippen LogP contribution in [0.2, 0.25) is 0 Å². The van der Waals surface area contributed by atoms with Crippen LogP contribution in [0.3, 0.4) is 0 Å². The lowest BCUT2D eigenvalue weighted by molar-refractivity contribution is 0.0143. The number of ether oxygens (including phenoxy) is 1. The minimum atomic E-state index is -0.384. The Balaban J connectivity index is 1.58. The third kappa shape index (κ3) is 3.40. The molecule has 3 heteroatoms. The van der Waals surface area contributed by atoms with Crippen molar-refractivity contribution in [3.8, 4) is 0 Å². The van der Waals surface area contributed by atoms with E-state index in [1.807, 2.05) is 0 Å². The minimum absolute atomic E-state index is 0.384.